The molecule has 0 spiro atoms. The molecule has 0 aliphatic heterocycles. The number of methoxy groups -OCH3 is 1. The van der Waals surface area contributed by atoms with Crippen molar-refractivity contribution in [3.05, 3.63) is 0 Å². The highest BCUT2D eigenvalue weighted by atomic mass is 32.1. The molecule has 0 saturated heterocycles. The van der Waals surface area contributed by atoms with Gasteiger partial charge in [0.05, 0.1) is 0 Å². The molecule has 0 bridgehead atoms. The molecule has 0 fully saturated rings. The van der Waals surface area contributed by atoms with Crippen molar-refractivity contribution in [3.8, 4) is 0 Å². The van der Waals surface area contributed by atoms with Gasteiger partial charge in [0.15, 0.2) is 5.11 Å². The molecule has 0 aromatic rings. The molecule has 84 valence electrons. The summed E-state index contributed by atoms with van der Waals surface area (Å²) in [5.41, 5.74) is 0. The Kier molecular flexibility index (Phi) is 8.98. The van der Waals surface area contributed by atoms with Gasteiger partial charge < -0.3 is 15.4 Å². The van der Waals surface area contributed by atoms with Gasteiger partial charge in [-0.2, -0.15) is 0 Å². The predicted octanol–water partition coefficient (Wildman–Crippen LogP) is 1.53. The zero-order chi connectivity index (χ0) is 10.8. The molecule has 0 amide bonds. The number of rotatable bonds is 7. The third-order valence-corrected chi connectivity index (χ3v) is 2.02. The highest BCUT2D eigenvalue weighted by Gasteiger charge is 1.96. The molecule has 0 atom stereocenters. The van der Waals surface area contributed by atoms with E-state index in [1.165, 1.54) is 0 Å². The van der Waals surface area contributed by atoms with Gasteiger partial charge in [-0.25, -0.2) is 0 Å². The molecule has 0 aromatic carbocycles. The smallest absolute Gasteiger partial charge is 0.166 e. The topological polar surface area (TPSA) is 33.3 Å². The van der Waals surface area contributed by atoms with Crippen LogP contribution in [0.15, 0.2) is 0 Å². The Bertz CT molecular complexity index is 151. The largest absolute Gasteiger partial charge is 0.385 e. The second-order valence-electron chi connectivity index (χ2n) is 3.73. The molecule has 0 rings (SSSR count). The molecule has 0 aliphatic carbocycles. The van der Waals surface area contributed by atoms with E-state index in [-0.39, 0.29) is 0 Å². The van der Waals surface area contributed by atoms with Crippen molar-refractivity contribution in [2.75, 3.05) is 26.8 Å². The Hall–Kier alpha value is -0.350. The summed E-state index contributed by atoms with van der Waals surface area (Å²) < 4.78 is 4.95. The molecule has 0 aromatic heterocycles. The average molecular weight is 218 g/mol. The number of thiocarbonyl (C=S) groups is 1. The molecule has 2 N–H and O–H groups in total. The van der Waals surface area contributed by atoms with Gasteiger partial charge in [-0.3, -0.25) is 0 Å². The lowest BCUT2D eigenvalue weighted by atomic mass is 10.2. The minimum atomic E-state index is 0.628. The Morgan fingerprint density at radius 2 is 2.00 bits per heavy atom. The van der Waals surface area contributed by atoms with Crippen LogP contribution < -0.4 is 10.6 Å². The first kappa shape index (κ1) is 13.7. The van der Waals surface area contributed by atoms with Crippen molar-refractivity contribution in [2.24, 2.45) is 5.92 Å². The van der Waals surface area contributed by atoms with Crippen molar-refractivity contribution < 1.29 is 4.74 Å². The molecule has 3 nitrogen and oxygen atoms in total. The molecule has 0 radical (unpaired) electrons. The van der Waals surface area contributed by atoms with E-state index < -0.39 is 0 Å². The van der Waals surface area contributed by atoms with Crippen LogP contribution in [0.5, 0.6) is 0 Å². The van der Waals surface area contributed by atoms with Crippen molar-refractivity contribution in [3.63, 3.8) is 0 Å². The fraction of sp³-hybridized carbons (Fsp3) is 0.900. The van der Waals surface area contributed by atoms with Crippen LogP contribution in [0.3, 0.4) is 0 Å². The number of hydrogen-bond donors (Lipinski definition) is 2. The van der Waals surface area contributed by atoms with Crippen molar-refractivity contribution in [1.82, 2.24) is 10.6 Å². The molecule has 0 heterocycles. The van der Waals surface area contributed by atoms with Crippen LogP contribution in [-0.2, 0) is 4.74 Å². The first-order chi connectivity index (χ1) is 6.66. The van der Waals surface area contributed by atoms with Crippen molar-refractivity contribution >= 4 is 17.3 Å². The lowest BCUT2D eigenvalue weighted by Gasteiger charge is -2.11. The Balaban J connectivity index is 3.18. The van der Waals surface area contributed by atoms with Crippen LogP contribution in [0.2, 0.25) is 0 Å². The van der Waals surface area contributed by atoms with E-state index in [2.05, 4.69) is 24.5 Å². The number of nitrogens with one attached hydrogen (secondary N) is 2. The van der Waals surface area contributed by atoms with Crippen LogP contribution >= 0.6 is 12.2 Å². The van der Waals surface area contributed by atoms with Gasteiger partial charge in [0, 0.05) is 26.8 Å². The lowest BCUT2D eigenvalue weighted by Crippen LogP contribution is -2.37. The van der Waals surface area contributed by atoms with E-state index >= 15 is 0 Å². The summed E-state index contributed by atoms with van der Waals surface area (Å²) in [6.07, 6.45) is 2.17. The van der Waals surface area contributed by atoms with Gasteiger partial charge in [-0.1, -0.05) is 13.8 Å². The van der Waals surface area contributed by atoms with Gasteiger partial charge in [0.25, 0.3) is 0 Å². The Morgan fingerprint density at radius 1 is 1.29 bits per heavy atom. The molecule has 0 aliphatic rings. The van der Waals surface area contributed by atoms with Gasteiger partial charge >= 0.3 is 0 Å². The summed E-state index contributed by atoms with van der Waals surface area (Å²) in [7, 11) is 1.72. The van der Waals surface area contributed by atoms with Crippen LogP contribution in [0, 0.1) is 5.92 Å². The van der Waals surface area contributed by atoms with Gasteiger partial charge in [0.1, 0.15) is 0 Å². The van der Waals surface area contributed by atoms with Crippen molar-refractivity contribution in [1.29, 1.82) is 0 Å². The summed E-state index contributed by atoms with van der Waals surface area (Å²) in [6, 6.07) is 0. The van der Waals surface area contributed by atoms with E-state index in [1.54, 1.807) is 7.11 Å². The zero-order valence-electron chi connectivity index (χ0n) is 9.43. The molecule has 0 unspecified atom stereocenters. The third-order valence-electron chi connectivity index (χ3n) is 1.73. The van der Waals surface area contributed by atoms with Crippen LogP contribution in [0.25, 0.3) is 0 Å². The molecule has 4 heteroatoms. The third kappa shape index (κ3) is 9.74. The monoisotopic (exact) mass is 218 g/mol. The van der Waals surface area contributed by atoms with E-state index in [9.17, 15) is 0 Å². The van der Waals surface area contributed by atoms with E-state index in [0.29, 0.717) is 5.92 Å². The minimum absolute atomic E-state index is 0.628. The summed E-state index contributed by atoms with van der Waals surface area (Å²) in [5, 5.41) is 7.08. The highest BCUT2D eigenvalue weighted by molar-refractivity contribution is 7.80. The fourth-order valence-corrected chi connectivity index (χ4v) is 1.12. The molecule has 0 saturated carbocycles. The SMILES string of the molecule is COCCCCNC(=S)NCC(C)C. The summed E-state index contributed by atoms with van der Waals surface area (Å²) in [4.78, 5) is 0. The Labute approximate surface area is 92.6 Å². The van der Waals surface area contributed by atoms with Crippen LogP contribution in [0.4, 0.5) is 0 Å². The van der Waals surface area contributed by atoms with E-state index in [0.717, 1.165) is 37.7 Å². The average Bonchev–Trinajstić information content (AvgIpc) is 2.14. The van der Waals surface area contributed by atoms with E-state index in [4.69, 9.17) is 17.0 Å². The summed E-state index contributed by atoms with van der Waals surface area (Å²) >= 11 is 5.10. The quantitative estimate of drug-likeness (QED) is 0.501. The molecule has 14 heavy (non-hydrogen) atoms. The maximum Gasteiger partial charge on any atom is 0.166 e. The number of unbranched alkanes of at least 4 members (excludes halogenated alkanes) is 1. The van der Waals surface area contributed by atoms with Gasteiger partial charge in [-0.15, -0.1) is 0 Å². The normalized spacial score (nSPS) is 10.3. The summed E-state index contributed by atoms with van der Waals surface area (Å²) in [5.74, 6) is 0.628. The first-order valence-electron chi connectivity index (χ1n) is 5.17. The maximum atomic E-state index is 5.10. The lowest BCUT2D eigenvalue weighted by molar-refractivity contribution is 0.193. The maximum absolute atomic E-state index is 5.10. The first-order valence-corrected chi connectivity index (χ1v) is 5.58. The standard InChI is InChI=1S/C10H22N2OS/c1-9(2)8-12-10(14)11-6-4-5-7-13-3/h9H,4-8H2,1-3H3,(H2,11,12,14). The number of ether oxygens (including phenoxy) is 1. The minimum Gasteiger partial charge on any atom is -0.385 e. The second kappa shape index (κ2) is 9.21. The van der Waals surface area contributed by atoms with Crippen molar-refractivity contribution in [2.45, 2.75) is 26.7 Å². The summed E-state index contributed by atoms with van der Waals surface area (Å²) in [6.45, 7) is 7.01. The zero-order valence-corrected chi connectivity index (χ0v) is 10.2. The molecular weight excluding hydrogens is 196 g/mol. The fourth-order valence-electron chi connectivity index (χ4n) is 0.933. The number of hydrogen-bond acceptors (Lipinski definition) is 2. The van der Waals surface area contributed by atoms with Gasteiger partial charge in [-0.05, 0) is 31.0 Å². The molecular formula is C10H22N2OS. The second-order valence-corrected chi connectivity index (χ2v) is 4.14. The predicted molar refractivity (Wildman–Crippen MR) is 64.6 cm³/mol. The highest BCUT2D eigenvalue weighted by Crippen LogP contribution is 1.88. The van der Waals surface area contributed by atoms with E-state index in [1.807, 2.05) is 0 Å². The van der Waals surface area contributed by atoms with Crippen LogP contribution in [0.1, 0.15) is 26.7 Å². The Morgan fingerprint density at radius 3 is 2.57 bits per heavy atom. The van der Waals surface area contributed by atoms with Gasteiger partial charge in [0.2, 0.25) is 0 Å². The van der Waals surface area contributed by atoms with Crippen LogP contribution in [-0.4, -0.2) is 31.9 Å².